The first-order valence-electron chi connectivity index (χ1n) is 5.31. The van der Waals surface area contributed by atoms with Crippen LogP contribution in [0.1, 0.15) is 0 Å². The van der Waals surface area contributed by atoms with Crippen molar-refractivity contribution in [2.75, 3.05) is 7.11 Å². The number of halogens is 1. The van der Waals surface area contributed by atoms with Crippen LogP contribution in [0.2, 0.25) is 0 Å². The van der Waals surface area contributed by atoms with Gasteiger partial charge in [0.15, 0.2) is 11.1 Å². The largest absolute Gasteiger partial charge is 0.507 e. The van der Waals surface area contributed by atoms with E-state index in [1.54, 1.807) is 6.07 Å². The highest BCUT2D eigenvalue weighted by molar-refractivity contribution is 7.79. The lowest BCUT2D eigenvalue weighted by Gasteiger charge is -2.11. The van der Waals surface area contributed by atoms with Crippen LogP contribution in [-0.4, -0.2) is 21.0 Å². The van der Waals surface area contributed by atoms with Crippen LogP contribution in [0, 0.1) is 5.82 Å². The van der Waals surface area contributed by atoms with Gasteiger partial charge in [-0.25, -0.2) is 8.60 Å². The van der Waals surface area contributed by atoms with Gasteiger partial charge in [0.25, 0.3) is 0 Å². The summed E-state index contributed by atoms with van der Waals surface area (Å²) in [7, 11) is 1.40. The summed E-state index contributed by atoms with van der Waals surface area (Å²) in [4.78, 5) is 0.0385. The predicted molar refractivity (Wildman–Crippen MR) is 69.1 cm³/mol. The van der Waals surface area contributed by atoms with Crippen molar-refractivity contribution in [3.8, 4) is 22.6 Å². The molecule has 6 heteroatoms. The number of phenols is 1. The third-order valence-electron chi connectivity index (χ3n) is 2.64. The Hall–Kier alpha value is -1.92. The summed E-state index contributed by atoms with van der Waals surface area (Å²) in [6.45, 7) is 0. The quantitative estimate of drug-likeness (QED) is 0.849. The Labute approximate surface area is 111 Å². The molecular formula is C13H11FO4S. The maximum Gasteiger partial charge on any atom is 0.186 e. The van der Waals surface area contributed by atoms with Crippen molar-refractivity contribution in [1.82, 2.24) is 0 Å². The van der Waals surface area contributed by atoms with Crippen LogP contribution in [0.15, 0.2) is 41.3 Å². The third-order valence-corrected chi connectivity index (χ3v) is 3.29. The number of aromatic hydroxyl groups is 1. The zero-order chi connectivity index (χ0) is 14.0. The van der Waals surface area contributed by atoms with Crippen molar-refractivity contribution in [2.45, 2.75) is 4.90 Å². The van der Waals surface area contributed by atoms with Crippen LogP contribution in [-0.2, 0) is 11.1 Å². The Kier molecular flexibility index (Phi) is 3.82. The normalized spacial score (nSPS) is 12.2. The number of methoxy groups -OCH3 is 1. The average Bonchev–Trinajstić information content (AvgIpc) is 2.38. The van der Waals surface area contributed by atoms with Crippen LogP contribution in [0.4, 0.5) is 4.39 Å². The fourth-order valence-corrected chi connectivity index (χ4v) is 2.16. The SMILES string of the molecule is COc1cccc(F)c1-c1ccc(S(=O)O)cc1O. The Morgan fingerprint density at radius 1 is 1.26 bits per heavy atom. The molecule has 0 fully saturated rings. The third kappa shape index (κ3) is 2.59. The molecule has 2 aromatic carbocycles. The van der Waals surface area contributed by atoms with E-state index in [1.165, 1.54) is 31.4 Å². The molecule has 1 atom stereocenters. The van der Waals surface area contributed by atoms with Crippen LogP contribution in [0.5, 0.6) is 11.5 Å². The molecule has 2 N–H and O–H groups in total. The van der Waals surface area contributed by atoms with Crippen LogP contribution >= 0.6 is 0 Å². The molecule has 0 aliphatic carbocycles. The summed E-state index contributed by atoms with van der Waals surface area (Å²) < 4.78 is 38.7. The number of ether oxygens (including phenoxy) is 1. The maximum atomic E-state index is 13.9. The first-order valence-corrected chi connectivity index (χ1v) is 6.42. The van der Waals surface area contributed by atoms with Gasteiger partial charge in [-0.3, -0.25) is 0 Å². The van der Waals surface area contributed by atoms with E-state index in [-0.39, 0.29) is 27.5 Å². The predicted octanol–water partition coefficient (Wildman–Crippen LogP) is 2.79. The second-order valence-corrected chi connectivity index (χ2v) is 4.71. The molecule has 100 valence electrons. The van der Waals surface area contributed by atoms with E-state index in [9.17, 15) is 13.7 Å². The van der Waals surface area contributed by atoms with Crippen LogP contribution < -0.4 is 4.74 Å². The lowest BCUT2D eigenvalue weighted by Crippen LogP contribution is -1.93. The minimum atomic E-state index is -2.20. The Bertz CT molecular complexity index is 643. The van der Waals surface area contributed by atoms with E-state index in [0.29, 0.717) is 0 Å². The van der Waals surface area contributed by atoms with E-state index < -0.39 is 16.9 Å². The van der Waals surface area contributed by atoms with Gasteiger partial charge in [0.1, 0.15) is 17.3 Å². The molecule has 4 nitrogen and oxygen atoms in total. The van der Waals surface area contributed by atoms with Gasteiger partial charge in [-0.15, -0.1) is 0 Å². The topological polar surface area (TPSA) is 66.8 Å². The van der Waals surface area contributed by atoms with Crippen molar-refractivity contribution < 1.29 is 23.0 Å². The molecule has 2 rings (SSSR count). The van der Waals surface area contributed by atoms with Crippen LogP contribution in [0.3, 0.4) is 0 Å². The summed E-state index contributed by atoms with van der Waals surface area (Å²) in [5, 5.41) is 9.87. The molecule has 0 bridgehead atoms. The first-order chi connectivity index (χ1) is 9.04. The van der Waals surface area contributed by atoms with E-state index in [2.05, 4.69) is 0 Å². The van der Waals surface area contributed by atoms with Crippen molar-refractivity contribution >= 4 is 11.1 Å². The number of benzene rings is 2. The lowest BCUT2D eigenvalue weighted by molar-refractivity contribution is 0.412. The van der Waals surface area contributed by atoms with E-state index >= 15 is 0 Å². The average molecular weight is 282 g/mol. The van der Waals surface area contributed by atoms with Crippen molar-refractivity contribution in [2.24, 2.45) is 0 Å². The fraction of sp³-hybridized carbons (Fsp3) is 0.0769. The van der Waals surface area contributed by atoms with Gasteiger partial charge >= 0.3 is 0 Å². The van der Waals surface area contributed by atoms with Crippen LogP contribution in [0.25, 0.3) is 11.1 Å². The summed E-state index contributed by atoms with van der Waals surface area (Å²) in [5.41, 5.74) is 0.307. The minimum absolute atomic E-state index is 0.0385. The van der Waals surface area contributed by atoms with Crippen molar-refractivity contribution in [3.05, 3.63) is 42.2 Å². The highest BCUT2D eigenvalue weighted by Gasteiger charge is 2.16. The van der Waals surface area contributed by atoms with Gasteiger partial charge in [-0.2, -0.15) is 0 Å². The summed E-state index contributed by atoms with van der Waals surface area (Å²) in [5.74, 6) is -0.566. The number of hydrogen-bond donors (Lipinski definition) is 2. The molecule has 1 unspecified atom stereocenters. The molecule has 2 aromatic rings. The number of hydrogen-bond acceptors (Lipinski definition) is 3. The molecular weight excluding hydrogens is 271 g/mol. The van der Waals surface area contributed by atoms with Gasteiger partial charge in [0, 0.05) is 5.56 Å². The molecule has 19 heavy (non-hydrogen) atoms. The molecule has 0 amide bonds. The molecule has 0 spiro atoms. The highest BCUT2D eigenvalue weighted by atomic mass is 32.2. The van der Waals surface area contributed by atoms with Gasteiger partial charge in [-0.05, 0) is 30.3 Å². The summed E-state index contributed by atoms with van der Waals surface area (Å²) in [6, 6.07) is 8.14. The minimum Gasteiger partial charge on any atom is -0.507 e. The number of phenolic OH excluding ortho intramolecular Hbond substituents is 1. The molecule has 0 saturated carbocycles. The second kappa shape index (κ2) is 5.38. The van der Waals surface area contributed by atoms with Gasteiger partial charge < -0.3 is 14.4 Å². The molecule has 0 aliphatic rings. The molecule has 0 aliphatic heterocycles. The zero-order valence-corrected chi connectivity index (χ0v) is 10.8. The first kappa shape index (κ1) is 13.5. The smallest absolute Gasteiger partial charge is 0.186 e. The monoisotopic (exact) mass is 282 g/mol. The number of rotatable bonds is 3. The van der Waals surface area contributed by atoms with E-state index in [0.717, 1.165) is 6.07 Å². The molecule has 0 aromatic heterocycles. The lowest BCUT2D eigenvalue weighted by atomic mass is 10.0. The summed E-state index contributed by atoms with van der Waals surface area (Å²) >= 11 is -2.20. The van der Waals surface area contributed by atoms with Crippen molar-refractivity contribution in [3.63, 3.8) is 0 Å². The molecule has 0 heterocycles. The van der Waals surface area contributed by atoms with Gasteiger partial charge in [0.2, 0.25) is 0 Å². The fourth-order valence-electron chi connectivity index (χ4n) is 1.77. The van der Waals surface area contributed by atoms with Crippen molar-refractivity contribution in [1.29, 1.82) is 0 Å². The van der Waals surface area contributed by atoms with Gasteiger partial charge in [-0.1, -0.05) is 6.07 Å². The Morgan fingerprint density at radius 3 is 2.58 bits per heavy atom. The molecule has 0 saturated heterocycles. The highest BCUT2D eigenvalue weighted by Crippen LogP contribution is 2.38. The molecule has 0 radical (unpaired) electrons. The zero-order valence-electron chi connectivity index (χ0n) is 9.96. The van der Waals surface area contributed by atoms with E-state index in [1.807, 2.05) is 0 Å². The van der Waals surface area contributed by atoms with E-state index in [4.69, 9.17) is 9.29 Å². The Morgan fingerprint density at radius 2 is 2.00 bits per heavy atom. The second-order valence-electron chi connectivity index (χ2n) is 3.75. The standard InChI is InChI=1S/C13H11FO4S/c1-18-12-4-2-3-10(14)13(12)9-6-5-8(19(16)17)7-11(9)15/h2-7,15H,1H3,(H,16,17). The summed E-state index contributed by atoms with van der Waals surface area (Å²) in [6.07, 6.45) is 0. The van der Waals surface area contributed by atoms with Gasteiger partial charge in [0.05, 0.1) is 17.6 Å². The maximum absolute atomic E-state index is 13.9. The Balaban J connectivity index is 2.63.